The number of hydrogen-bond acceptors (Lipinski definition) is 6. The van der Waals surface area contributed by atoms with Gasteiger partial charge >= 0.3 is 0 Å². The summed E-state index contributed by atoms with van der Waals surface area (Å²) in [6, 6.07) is 13.2. The molecule has 0 spiro atoms. The van der Waals surface area contributed by atoms with Crippen LogP contribution in [-0.2, 0) is 4.79 Å². The first-order chi connectivity index (χ1) is 15.6. The van der Waals surface area contributed by atoms with Gasteiger partial charge in [0.2, 0.25) is 12.7 Å². The van der Waals surface area contributed by atoms with Crippen molar-refractivity contribution in [1.29, 1.82) is 0 Å². The van der Waals surface area contributed by atoms with E-state index in [2.05, 4.69) is 10.3 Å². The quantitative estimate of drug-likeness (QED) is 0.641. The Morgan fingerprint density at radius 2 is 1.94 bits per heavy atom. The largest absolute Gasteiger partial charge is 0.454 e. The van der Waals surface area contributed by atoms with Gasteiger partial charge in [-0.2, -0.15) is 0 Å². The summed E-state index contributed by atoms with van der Waals surface area (Å²) in [4.78, 5) is 32.1. The van der Waals surface area contributed by atoms with Gasteiger partial charge in [0.05, 0.1) is 11.6 Å². The predicted molar refractivity (Wildman–Crippen MR) is 122 cm³/mol. The summed E-state index contributed by atoms with van der Waals surface area (Å²) in [5, 5.41) is 5.39. The highest BCUT2D eigenvalue weighted by Crippen LogP contribution is 2.36. The molecule has 2 amide bonds. The molecule has 0 radical (unpaired) electrons. The molecule has 7 nitrogen and oxygen atoms in total. The fourth-order valence-corrected chi connectivity index (χ4v) is 4.70. The maximum absolute atomic E-state index is 12.9. The summed E-state index contributed by atoms with van der Waals surface area (Å²) in [5.41, 5.74) is 3.44. The number of aryl methyl sites for hydroxylation is 1. The molecule has 1 fully saturated rings. The summed E-state index contributed by atoms with van der Waals surface area (Å²) in [6.07, 6.45) is 1.56. The highest BCUT2D eigenvalue weighted by atomic mass is 32.1. The van der Waals surface area contributed by atoms with E-state index in [0.29, 0.717) is 29.5 Å². The van der Waals surface area contributed by atoms with E-state index in [4.69, 9.17) is 9.47 Å². The molecule has 2 aliphatic rings. The van der Waals surface area contributed by atoms with E-state index < -0.39 is 0 Å². The van der Waals surface area contributed by atoms with Gasteiger partial charge in [-0.1, -0.05) is 17.7 Å². The first kappa shape index (κ1) is 20.5. The Bertz CT molecular complexity index is 1160. The number of nitrogens with zero attached hydrogens (tertiary/aromatic N) is 2. The molecule has 0 bridgehead atoms. The molecular formula is C24H23N3O4S. The number of thiazole rings is 1. The van der Waals surface area contributed by atoms with Crippen molar-refractivity contribution in [2.24, 2.45) is 5.92 Å². The summed E-state index contributed by atoms with van der Waals surface area (Å²) in [7, 11) is 0. The molecule has 5 rings (SSSR count). The van der Waals surface area contributed by atoms with Gasteiger partial charge in [-0.15, -0.1) is 11.3 Å². The minimum atomic E-state index is -0.254. The van der Waals surface area contributed by atoms with E-state index in [-0.39, 0.29) is 24.5 Å². The Hall–Kier alpha value is -3.39. The Morgan fingerprint density at radius 3 is 2.78 bits per heavy atom. The number of fused-ring (bicyclic) bond motifs is 1. The highest BCUT2D eigenvalue weighted by Gasteiger charge is 2.29. The predicted octanol–water partition coefficient (Wildman–Crippen LogP) is 4.34. The molecule has 32 heavy (non-hydrogen) atoms. The van der Waals surface area contributed by atoms with Crippen LogP contribution in [0.1, 0.15) is 28.8 Å². The molecule has 1 unspecified atom stereocenters. The smallest absolute Gasteiger partial charge is 0.253 e. The second-order valence-electron chi connectivity index (χ2n) is 8.05. The zero-order valence-electron chi connectivity index (χ0n) is 17.7. The minimum absolute atomic E-state index is 0.0261. The van der Waals surface area contributed by atoms with Gasteiger partial charge in [-0.25, -0.2) is 4.98 Å². The highest BCUT2D eigenvalue weighted by molar-refractivity contribution is 7.14. The molecule has 0 aliphatic carbocycles. The summed E-state index contributed by atoms with van der Waals surface area (Å²) < 4.78 is 10.8. The second-order valence-corrected chi connectivity index (χ2v) is 8.91. The van der Waals surface area contributed by atoms with Crippen LogP contribution in [-0.4, -0.2) is 41.6 Å². The van der Waals surface area contributed by atoms with Crippen molar-refractivity contribution in [2.45, 2.75) is 19.8 Å². The fourth-order valence-electron chi connectivity index (χ4n) is 3.98. The number of amides is 2. The molecule has 1 atom stereocenters. The molecule has 1 saturated heterocycles. The molecule has 0 saturated carbocycles. The zero-order valence-corrected chi connectivity index (χ0v) is 18.5. The maximum atomic E-state index is 12.9. The lowest BCUT2D eigenvalue weighted by Crippen LogP contribution is -2.43. The van der Waals surface area contributed by atoms with Crippen molar-refractivity contribution >= 4 is 28.3 Å². The molecule has 2 aliphatic heterocycles. The summed E-state index contributed by atoms with van der Waals surface area (Å²) in [6.45, 7) is 3.30. The van der Waals surface area contributed by atoms with Crippen LogP contribution in [0.4, 0.5) is 5.13 Å². The standard InChI is InChI=1S/C24H23N3O4S/c1-15-4-6-16(7-5-15)23(29)27-10-2-3-18(12-27)22(28)26-24-25-19(13-32-24)17-8-9-20-21(11-17)31-14-30-20/h4-9,11,13,18H,2-3,10,12,14H2,1H3,(H,25,26,28). The van der Waals surface area contributed by atoms with Crippen LogP contribution in [0.25, 0.3) is 11.3 Å². The average molecular weight is 450 g/mol. The fraction of sp³-hybridized carbons (Fsp3) is 0.292. The minimum Gasteiger partial charge on any atom is -0.454 e. The number of piperidine rings is 1. The first-order valence-electron chi connectivity index (χ1n) is 10.6. The van der Waals surface area contributed by atoms with Gasteiger partial charge in [-0.3, -0.25) is 9.59 Å². The monoisotopic (exact) mass is 449 g/mol. The van der Waals surface area contributed by atoms with Crippen molar-refractivity contribution in [3.05, 3.63) is 59.0 Å². The number of hydrogen-bond donors (Lipinski definition) is 1. The van der Waals surface area contributed by atoms with Gasteiger partial charge < -0.3 is 19.7 Å². The Labute approximate surface area is 190 Å². The van der Waals surface area contributed by atoms with Crippen LogP contribution < -0.4 is 14.8 Å². The number of rotatable bonds is 4. The Balaban J connectivity index is 1.23. The zero-order chi connectivity index (χ0) is 22.1. The Kier molecular flexibility index (Phi) is 5.53. The second kappa shape index (κ2) is 8.63. The lowest BCUT2D eigenvalue weighted by Gasteiger charge is -2.32. The number of likely N-dealkylation sites (tertiary alicyclic amines) is 1. The van der Waals surface area contributed by atoms with Gasteiger partial charge in [0, 0.05) is 29.6 Å². The maximum Gasteiger partial charge on any atom is 0.253 e. The third kappa shape index (κ3) is 4.18. The van der Waals surface area contributed by atoms with E-state index in [1.54, 1.807) is 4.90 Å². The molecule has 8 heteroatoms. The Morgan fingerprint density at radius 1 is 1.12 bits per heavy atom. The van der Waals surface area contributed by atoms with Gasteiger partial charge in [0.15, 0.2) is 16.6 Å². The molecule has 1 aromatic heterocycles. The number of ether oxygens (including phenoxy) is 2. The van der Waals surface area contributed by atoms with Crippen LogP contribution in [0.3, 0.4) is 0 Å². The van der Waals surface area contributed by atoms with Crippen molar-refractivity contribution in [2.75, 3.05) is 25.2 Å². The average Bonchev–Trinajstić information content (AvgIpc) is 3.48. The molecule has 3 aromatic rings. The number of anilines is 1. The van der Waals surface area contributed by atoms with E-state index in [9.17, 15) is 9.59 Å². The molecule has 1 N–H and O–H groups in total. The van der Waals surface area contributed by atoms with Crippen LogP contribution in [0.2, 0.25) is 0 Å². The van der Waals surface area contributed by atoms with Crippen LogP contribution in [0, 0.1) is 12.8 Å². The van der Waals surface area contributed by atoms with Crippen molar-refractivity contribution in [3.63, 3.8) is 0 Å². The molecule has 3 heterocycles. The lowest BCUT2D eigenvalue weighted by molar-refractivity contribution is -0.121. The lowest BCUT2D eigenvalue weighted by atomic mass is 9.96. The van der Waals surface area contributed by atoms with Crippen molar-refractivity contribution < 1.29 is 19.1 Å². The number of benzene rings is 2. The van der Waals surface area contributed by atoms with Crippen molar-refractivity contribution in [3.8, 4) is 22.8 Å². The number of carbonyl (C=O) groups excluding carboxylic acids is 2. The van der Waals surface area contributed by atoms with Gasteiger partial charge in [0.1, 0.15) is 0 Å². The summed E-state index contributed by atoms with van der Waals surface area (Å²) >= 11 is 1.38. The number of aromatic nitrogens is 1. The van der Waals surface area contributed by atoms with Crippen LogP contribution in [0.5, 0.6) is 11.5 Å². The molecule has 2 aromatic carbocycles. The van der Waals surface area contributed by atoms with Crippen LogP contribution >= 0.6 is 11.3 Å². The number of carbonyl (C=O) groups is 2. The normalized spacial score (nSPS) is 17.3. The van der Waals surface area contributed by atoms with Crippen molar-refractivity contribution in [1.82, 2.24) is 9.88 Å². The molecule has 164 valence electrons. The van der Waals surface area contributed by atoms with E-state index in [1.807, 2.05) is 54.8 Å². The van der Waals surface area contributed by atoms with Gasteiger partial charge in [-0.05, 0) is 50.1 Å². The van der Waals surface area contributed by atoms with Crippen LogP contribution in [0.15, 0.2) is 47.8 Å². The van der Waals surface area contributed by atoms with E-state index in [0.717, 1.165) is 35.4 Å². The topological polar surface area (TPSA) is 80.8 Å². The summed E-state index contributed by atoms with van der Waals surface area (Å²) in [5.74, 6) is 1.04. The third-order valence-corrected chi connectivity index (χ3v) is 6.54. The number of nitrogens with one attached hydrogen (secondary N) is 1. The third-order valence-electron chi connectivity index (χ3n) is 5.78. The van der Waals surface area contributed by atoms with E-state index in [1.165, 1.54) is 11.3 Å². The SMILES string of the molecule is Cc1ccc(C(=O)N2CCCC(C(=O)Nc3nc(-c4ccc5c(c4)OCO5)cs3)C2)cc1. The van der Waals surface area contributed by atoms with Gasteiger partial charge in [0.25, 0.3) is 5.91 Å². The first-order valence-corrected chi connectivity index (χ1v) is 11.5. The van der Waals surface area contributed by atoms with E-state index >= 15 is 0 Å². The molecular weight excluding hydrogens is 426 g/mol.